The van der Waals surface area contributed by atoms with Gasteiger partial charge in [-0.1, -0.05) is 19.9 Å². The van der Waals surface area contributed by atoms with Crippen LogP contribution in [0.25, 0.3) is 10.9 Å². The number of nitrogens with zero attached hydrogens (tertiary/aromatic N) is 5. The predicted molar refractivity (Wildman–Crippen MR) is 117 cm³/mol. The molecule has 1 aliphatic heterocycles. The molecule has 1 aliphatic rings. The molecular formula is C22H27N5O5. The highest BCUT2D eigenvalue weighted by Crippen LogP contribution is 2.24. The minimum Gasteiger partial charge on any atom is -0.386 e. The fourth-order valence-corrected chi connectivity index (χ4v) is 3.92. The number of amides is 1. The van der Waals surface area contributed by atoms with Gasteiger partial charge in [-0.2, -0.15) is 0 Å². The molecule has 4 heterocycles. The second-order valence-corrected chi connectivity index (χ2v) is 8.95. The number of pyridine rings is 1. The Morgan fingerprint density at radius 3 is 2.66 bits per heavy atom. The van der Waals surface area contributed by atoms with Crippen LogP contribution in [0.5, 0.6) is 0 Å². The second kappa shape index (κ2) is 8.03. The summed E-state index contributed by atoms with van der Waals surface area (Å²) in [5.41, 5.74) is -1.01. The summed E-state index contributed by atoms with van der Waals surface area (Å²) in [6.45, 7) is 6.06. The maximum atomic E-state index is 13.5. The van der Waals surface area contributed by atoms with Crippen molar-refractivity contribution in [2.24, 2.45) is 13.0 Å². The van der Waals surface area contributed by atoms with Crippen LogP contribution in [0, 0.1) is 5.92 Å². The first kappa shape index (κ1) is 22.0. The topological polar surface area (TPSA) is 112 Å². The van der Waals surface area contributed by atoms with E-state index in [1.165, 1.54) is 11.6 Å². The minimum absolute atomic E-state index is 0.0337. The number of aromatic nitrogens is 4. The van der Waals surface area contributed by atoms with E-state index >= 15 is 0 Å². The van der Waals surface area contributed by atoms with Crippen LogP contribution in [0.15, 0.2) is 40.2 Å². The fourth-order valence-electron chi connectivity index (χ4n) is 3.92. The Morgan fingerprint density at radius 2 is 2.06 bits per heavy atom. The summed E-state index contributed by atoms with van der Waals surface area (Å²) < 4.78 is 4.17. The van der Waals surface area contributed by atoms with Crippen LogP contribution in [0.4, 0.5) is 0 Å². The van der Waals surface area contributed by atoms with Gasteiger partial charge in [0, 0.05) is 26.0 Å². The Balaban J connectivity index is 1.97. The Kier molecular flexibility index (Phi) is 5.51. The molecular weight excluding hydrogens is 414 g/mol. The minimum atomic E-state index is -1.19. The Bertz CT molecular complexity index is 1290. The fraction of sp³-hybridized carbons (Fsp3) is 0.455. The first-order chi connectivity index (χ1) is 15.1. The van der Waals surface area contributed by atoms with Gasteiger partial charge in [0.25, 0.3) is 11.5 Å². The Labute approximate surface area is 184 Å². The van der Waals surface area contributed by atoms with Gasteiger partial charge in [-0.3, -0.25) is 28.5 Å². The standard InChI is InChI=1S/C22H27N5O5/c1-14(2)9-26-16-11-25(10-15-7-5-6-8-23-15)18(17(16)19(28)24(4)21(26)30)20(29)27-12-22(3,31)13-32-27/h5-8,11,14,31H,9-10,12-13H2,1-4H3/t22-/m0/s1. The Hall–Kier alpha value is -3.24. The third kappa shape index (κ3) is 3.87. The number of hydrogen-bond acceptors (Lipinski definition) is 6. The highest BCUT2D eigenvalue weighted by molar-refractivity contribution is 6.05. The van der Waals surface area contributed by atoms with Crippen LogP contribution in [0.1, 0.15) is 37.0 Å². The molecule has 1 amide bonds. The summed E-state index contributed by atoms with van der Waals surface area (Å²) >= 11 is 0. The third-order valence-electron chi connectivity index (χ3n) is 5.44. The number of hydroxylamine groups is 2. The summed E-state index contributed by atoms with van der Waals surface area (Å²) in [5.74, 6) is -0.413. The summed E-state index contributed by atoms with van der Waals surface area (Å²) in [5, 5.41) is 11.5. The lowest BCUT2D eigenvalue weighted by Gasteiger charge is -2.17. The first-order valence-corrected chi connectivity index (χ1v) is 10.5. The van der Waals surface area contributed by atoms with Crippen molar-refractivity contribution in [1.82, 2.24) is 23.7 Å². The molecule has 10 nitrogen and oxygen atoms in total. The molecule has 4 rings (SSSR count). The van der Waals surface area contributed by atoms with E-state index in [0.717, 1.165) is 9.63 Å². The zero-order valence-corrected chi connectivity index (χ0v) is 18.6. The summed E-state index contributed by atoms with van der Waals surface area (Å²) in [6.07, 6.45) is 3.30. The molecule has 1 saturated heterocycles. The van der Waals surface area contributed by atoms with Gasteiger partial charge in [0.15, 0.2) is 0 Å². The van der Waals surface area contributed by atoms with Gasteiger partial charge in [0.1, 0.15) is 17.9 Å². The van der Waals surface area contributed by atoms with Gasteiger partial charge in [-0.15, -0.1) is 0 Å². The van der Waals surface area contributed by atoms with Gasteiger partial charge in [0.05, 0.1) is 29.7 Å². The van der Waals surface area contributed by atoms with Crippen LogP contribution >= 0.6 is 0 Å². The quantitative estimate of drug-likeness (QED) is 0.625. The number of carbonyl (C=O) groups is 1. The molecule has 0 saturated carbocycles. The van der Waals surface area contributed by atoms with Crippen molar-refractivity contribution in [3.8, 4) is 0 Å². The van der Waals surface area contributed by atoms with Gasteiger partial charge >= 0.3 is 5.69 Å². The van der Waals surface area contributed by atoms with E-state index in [2.05, 4.69) is 4.98 Å². The van der Waals surface area contributed by atoms with Crippen LogP contribution in [-0.2, 0) is 25.0 Å². The van der Waals surface area contributed by atoms with E-state index in [1.807, 2.05) is 26.0 Å². The number of hydrogen-bond donors (Lipinski definition) is 1. The molecule has 3 aromatic rings. The lowest BCUT2D eigenvalue weighted by molar-refractivity contribution is -0.0801. The maximum Gasteiger partial charge on any atom is 0.331 e. The largest absolute Gasteiger partial charge is 0.386 e. The normalized spacial score (nSPS) is 18.8. The smallest absolute Gasteiger partial charge is 0.331 e. The van der Waals surface area contributed by atoms with Crippen molar-refractivity contribution < 1.29 is 14.7 Å². The number of β-amino-alcohol motifs (C(OH)–C–C–N with tert-alkyl or cyclic N) is 1. The monoisotopic (exact) mass is 441 g/mol. The van der Waals surface area contributed by atoms with Crippen molar-refractivity contribution in [2.45, 2.75) is 39.5 Å². The molecule has 0 unspecified atom stereocenters. The molecule has 1 N–H and O–H groups in total. The zero-order valence-electron chi connectivity index (χ0n) is 18.6. The third-order valence-corrected chi connectivity index (χ3v) is 5.44. The maximum absolute atomic E-state index is 13.5. The van der Waals surface area contributed by atoms with Crippen LogP contribution < -0.4 is 11.2 Å². The average Bonchev–Trinajstić information content (AvgIpc) is 3.29. The van der Waals surface area contributed by atoms with Gasteiger partial charge in [-0.05, 0) is 25.0 Å². The highest BCUT2D eigenvalue weighted by Gasteiger charge is 2.38. The van der Waals surface area contributed by atoms with Crippen molar-refractivity contribution in [1.29, 1.82) is 0 Å². The highest BCUT2D eigenvalue weighted by atomic mass is 16.7. The van der Waals surface area contributed by atoms with Crippen LogP contribution in [-0.4, -0.2) is 53.5 Å². The van der Waals surface area contributed by atoms with Crippen LogP contribution in [0.2, 0.25) is 0 Å². The molecule has 170 valence electrons. The number of rotatable bonds is 5. The molecule has 32 heavy (non-hydrogen) atoms. The van der Waals surface area contributed by atoms with E-state index in [4.69, 9.17) is 4.84 Å². The summed E-state index contributed by atoms with van der Waals surface area (Å²) in [7, 11) is 1.41. The van der Waals surface area contributed by atoms with E-state index in [0.29, 0.717) is 17.8 Å². The van der Waals surface area contributed by atoms with Crippen molar-refractivity contribution >= 4 is 16.8 Å². The van der Waals surface area contributed by atoms with E-state index in [-0.39, 0.29) is 36.7 Å². The average molecular weight is 441 g/mol. The zero-order chi connectivity index (χ0) is 23.2. The molecule has 3 aromatic heterocycles. The van der Waals surface area contributed by atoms with Crippen molar-refractivity contribution in [3.05, 3.63) is 62.8 Å². The van der Waals surface area contributed by atoms with E-state index in [9.17, 15) is 19.5 Å². The number of fused-ring (bicyclic) bond motifs is 1. The van der Waals surface area contributed by atoms with Gasteiger partial charge in [-0.25, -0.2) is 9.86 Å². The molecule has 0 aliphatic carbocycles. The first-order valence-electron chi connectivity index (χ1n) is 10.5. The van der Waals surface area contributed by atoms with E-state index < -0.39 is 22.8 Å². The summed E-state index contributed by atoms with van der Waals surface area (Å²) in [4.78, 5) is 49.3. The molecule has 0 aromatic carbocycles. The second-order valence-electron chi connectivity index (χ2n) is 8.95. The van der Waals surface area contributed by atoms with Crippen molar-refractivity contribution in [2.75, 3.05) is 13.2 Å². The molecule has 0 radical (unpaired) electrons. The van der Waals surface area contributed by atoms with Gasteiger partial charge in [0.2, 0.25) is 0 Å². The molecule has 1 atom stereocenters. The molecule has 0 spiro atoms. The number of carbonyl (C=O) groups excluding carboxylic acids is 1. The summed E-state index contributed by atoms with van der Waals surface area (Å²) in [6, 6.07) is 5.44. The lowest BCUT2D eigenvalue weighted by atomic mass is 10.1. The molecule has 1 fully saturated rings. The van der Waals surface area contributed by atoms with Crippen molar-refractivity contribution in [3.63, 3.8) is 0 Å². The molecule has 10 heteroatoms. The molecule has 0 bridgehead atoms. The SMILES string of the molecule is CC(C)Cn1c(=O)n(C)c(=O)c2c(C(=O)N3C[C@](C)(O)CO3)n(Cc3ccccn3)cc21. The lowest BCUT2D eigenvalue weighted by Crippen LogP contribution is -2.40. The van der Waals surface area contributed by atoms with Gasteiger partial charge < -0.3 is 9.67 Å². The predicted octanol–water partition coefficient (Wildman–Crippen LogP) is 0.739. The van der Waals surface area contributed by atoms with Crippen LogP contribution in [0.3, 0.4) is 0 Å². The van der Waals surface area contributed by atoms with E-state index in [1.54, 1.807) is 30.0 Å². The Morgan fingerprint density at radius 1 is 1.31 bits per heavy atom. The number of aliphatic hydroxyl groups is 1.